The summed E-state index contributed by atoms with van der Waals surface area (Å²) in [4.78, 5) is 43.3. The zero-order valence-electron chi connectivity index (χ0n) is 28.1. The summed E-state index contributed by atoms with van der Waals surface area (Å²) < 4.78 is 11.1. The SMILES string of the molecule is CC(C)(C)OC(=O)N[C@H]1CCC[C@@H]1c1ncc(-c2ccc(C#Cc3ccc4nc([C@@H]5CCCN5C(=O)OC(C)(C)C)[nH]c4c3)cc2)[nH]1. The molecule has 2 aromatic heterocycles. The van der Waals surface area contributed by atoms with Crippen LogP contribution in [0.5, 0.6) is 0 Å². The molecule has 1 aliphatic carbocycles. The van der Waals surface area contributed by atoms with E-state index in [1.807, 2.05) is 90.2 Å². The molecule has 6 rings (SSSR count). The molecular weight excluding hydrogens is 592 g/mol. The van der Waals surface area contributed by atoms with Gasteiger partial charge in [-0.05, 0) is 103 Å². The number of ether oxygens (including phenoxy) is 2. The van der Waals surface area contributed by atoms with Gasteiger partial charge in [0, 0.05) is 29.6 Å². The maximum absolute atomic E-state index is 12.8. The Morgan fingerprint density at radius 3 is 2.34 bits per heavy atom. The minimum atomic E-state index is -0.544. The molecule has 246 valence electrons. The minimum Gasteiger partial charge on any atom is -0.444 e. The molecule has 10 heteroatoms. The zero-order valence-corrected chi connectivity index (χ0v) is 28.1. The van der Waals surface area contributed by atoms with E-state index >= 15 is 0 Å². The molecule has 1 aliphatic heterocycles. The van der Waals surface area contributed by atoms with Crippen LogP contribution in [-0.2, 0) is 9.47 Å². The van der Waals surface area contributed by atoms with Crippen molar-refractivity contribution in [2.45, 2.75) is 103 Å². The largest absolute Gasteiger partial charge is 0.444 e. The Kier molecular flexibility index (Phi) is 8.75. The van der Waals surface area contributed by atoms with Gasteiger partial charge in [-0.2, -0.15) is 0 Å². The number of alkyl carbamates (subject to hydrolysis) is 1. The second kappa shape index (κ2) is 12.8. The van der Waals surface area contributed by atoms with Crippen molar-refractivity contribution < 1.29 is 19.1 Å². The minimum absolute atomic E-state index is 0.0105. The average Bonchev–Trinajstić information content (AvgIpc) is 3.80. The molecule has 0 spiro atoms. The third-order valence-electron chi connectivity index (χ3n) is 8.41. The number of benzene rings is 2. The molecule has 3 atom stereocenters. The smallest absolute Gasteiger partial charge is 0.410 e. The Morgan fingerprint density at radius 1 is 0.872 bits per heavy atom. The highest BCUT2D eigenvalue weighted by molar-refractivity contribution is 5.77. The average molecular weight is 637 g/mol. The van der Waals surface area contributed by atoms with Gasteiger partial charge in [0.15, 0.2) is 0 Å². The van der Waals surface area contributed by atoms with Gasteiger partial charge in [-0.25, -0.2) is 19.6 Å². The van der Waals surface area contributed by atoms with Crippen LogP contribution >= 0.6 is 0 Å². The molecule has 3 N–H and O–H groups in total. The lowest BCUT2D eigenvalue weighted by atomic mass is 10.0. The van der Waals surface area contributed by atoms with Gasteiger partial charge in [0.2, 0.25) is 0 Å². The number of aromatic amines is 2. The van der Waals surface area contributed by atoms with Crippen molar-refractivity contribution in [2.24, 2.45) is 0 Å². The summed E-state index contributed by atoms with van der Waals surface area (Å²) in [6, 6.07) is 13.9. The highest BCUT2D eigenvalue weighted by Gasteiger charge is 2.35. The van der Waals surface area contributed by atoms with E-state index in [2.05, 4.69) is 32.1 Å². The van der Waals surface area contributed by atoms with Crippen molar-refractivity contribution in [3.05, 3.63) is 71.4 Å². The molecule has 3 heterocycles. The molecule has 0 unspecified atom stereocenters. The summed E-state index contributed by atoms with van der Waals surface area (Å²) in [6.45, 7) is 11.9. The predicted octanol–water partition coefficient (Wildman–Crippen LogP) is 7.59. The Labute approximate surface area is 276 Å². The van der Waals surface area contributed by atoms with Gasteiger partial charge in [0.1, 0.15) is 22.9 Å². The first kappa shape index (κ1) is 32.2. The van der Waals surface area contributed by atoms with Crippen LogP contribution in [0.4, 0.5) is 9.59 Å². The molecule has 2 aromatic carbocycles. The fourth-order valence-corrected chi connectivity index (χ4v) is 6.32. The highest BCUT2D eigenvalue weighted by atomic mass is 16.6. The van der Waals surface area contributed by atoms with Crippen LogP contribution in [-0.4, -0.2) is 60.8 Å². The highest BCUT2D eigenvalue weighted by Crippen LogP contribution is 2.35. The molecule has 47 heavy (non-hydrogen) atoms. The van der Waals surface area contributed by atoms with Crippen molar-refractivity contribution in [2.75, 3.05) is 6.54 Å². The van der Waals surface area contributed by atoms with Gasteiger partial charge in [0.25, 0.3) is 0 Å². The molecule has 2 fully saturated rings. The zero-order chi connectivity index (χ0) is 33.3. The van der Waals surface area contributed by atoms with Crippen molar-refractivity contribution in [1.29, 1.82) is 0 Å². The lowest BCUT2D eigenvalue weighted by Crippen LogP contribution is -2.40. The molecule has 4 aromatic rings. The number of fused-ring (bicyclic) bond motifs is 1. The lowest BCUT2D eigenvalue weighted by molar-refractivity contribution is 0.0218. The van der Waals surface area contributed by atoms with Crippen molar-refractivity contribution in [1.82, 2.24) is 30.2 Å². The van der Waals surface area contributed by atoms with Gasteiger partial charge >= 0.3 is 12.2 Å². The van der Waals surface area contributed by atoms with Gasteiger partial charge < -0.3 is 24.8 Å². The first-order chi connectivity index (χ1) is 22.3. The molecular formula is C37H44N6O4. The van der Waals surface area contributed by atoms with Crippen LogP contribution in [0.15, 0.2) is 48.7 Å². The van der Waals surface area contributed by atoms with Gasteiger partial charge in [-0.1, -0.05) is 30.4 Å². The summed E-state index contributed by atoms with van der Waals surface area (Å²) in [6.07, 6.45) is 5.79. The number of carbonyl (C=O) groups is 2. The number of H-pyrrole nitrogens is 2. The maximum Gasteiger partial charge on any atom is 0.410 e. The molecule has 1 saturated carbocycles. The number of amides is 2. The predicted molar refractivity (Wildman–Crippen MR) is 181 cm³/mol. The number of carbonyl (C=O) groups excluding carboxylic acids is 2. The fourth-order valence-electron chi connectivity index (χ4n) is 6.32. The number of nitrogens with one attached hydrogen (secondary N) is 3. The van der Waals surface area contributed by atoms with E-state index in [4.69, 9.17) is 14.5 Å². The van der Waals surface area contributed by atoms with Crippen LogP contribution < -0.4 is 5.32 Å². The monoisotopic (exact) mass is 636 g/mol. The third-order valence-corrected chi connectivity index (χ3v) is 8.41. The summed E-state index contributed by atoms with van der Waals surface area (Å²) >= 11 is 0. The standard InChI is InChI=1S/C37H44N6O4/c1-36(2,3)46-34(44)42-27-10-7-9-26(27)32-38-22-30(41-32)25-17-14-23(15-18-25)12-13-24-16-19-28-29(21-24)40-33(39-28)31-11-8-20-43(31)35(45)47-37(4,5)6/h14-19,21-22,26-27,31H,7-11,20H2,1-6H3,(H,38,41)(H,39,40)(H,42,44)/t26-,27-,31-/m0/s1. The molecule has 1 saturated heterocycles. The van der Waals surface area contributed by atoms with Gasteiger partial charge in [0.05, 0.1) is 29.0 Å². The van der Waals surface area contributed by atoms with Gasteiger partial charge in [-0.15, -0.1) is 0 Å². The number of nitrogens with zero attached hydrogens (tertiary/aromatic N) is 3. The number of hydrogen-bond acceptors (Lipinski definition) is 6. The topological polar surface area (TPSA) is 125 Å². The molecule has 0 radical (unpaired) electrons. The van der Waals surface area contributed by atoms with E-state index < -0.39 is 11.2 Å². The van der Waals surface area contributed by atoms with Crippen LogP contribution in [0, 0.1) is 11.8 Å². The van der Waals surface area contributed by atoms with Crippen LogP contribution in [0.2, 0.25) is 0 Å². The molecule has 2 amide bonds. The number of likely N-dealkylation sites (tertiary alicyclic amines) is 1. The second-order valence-electron chi connectivity index (χ2n) is 14.5. The van der Waals surface area contributed by atoms with Crippen LogP contribution in [0.25, 0.3) is 22.3 Å². The Morgan fingerprint density at radius 2 is 1.60 bits per heavy atom. The first-order valence-electron chi connectivity index (χ1n) is 16.5. The first-order valence-corrected chi connectivity index (χ1v) is 16.5. The van der Waals surface area contributed by atoms with E-state index in [1.165, 1.54) is 0 Å². The summed E-state index contributed by atoms with van der Waals surface area (Å²) in [5, 5.41) is 3.04. The number of rotatable bonds is 4. The van der Waals surface area contributed by atoms with Gasteiger partial charge in [-0.3, -0.25) is 4.90 Å². The Hall–Kier alpha value is -4.78. The Bertz CT molecular complexity index is 1820. The number of aromatic nitrogens is 4. The van der Waals surface area contributed by atoms with Crippen molar-refractivity contribution >= 4 is 23.2 Å². The maximum atomic E-state index is 12.8. The third kappa shape index (κ3) is 7.79. The number of hydrogen-bond donors (Lipinski definition) is 3. The number of imidazole rings is 2. The van der Waals surface area contributed by atoms with Crippen molar-refractivity contribution in [3.8, 4) is 23.1 Å². The van der Waals surface area contributed by atoms with E-state index in [9.17, 15) is 9.59 Å². The van der Waals surface area contributed by atoms with E-state index in [0.717, 1.165) is 77.2 Å². The summed E-state index contributed by atoms with van der Waals surface area (Å²) in [5.41, 5.74) is 4.36. The van der Waals surface area contributed by atoms with E-state index in [-0.39, 0.29) is 30.2 Å². The van der Waals surface area contributed by atoms with Crippen LogP contribution in [0.3, 0.4) is 0 Å². The summed E-state index contributed by atoms with van der Waals surface area (Å²) in [7, 11) is 0. The van der Waals surface area contributed by atoms with E-state index in [1.54, 1.807) is 4.90 Å². The molecule has 2 aliphatic rings. The lowest BCUT2D eigenvalue weighted by Gasteiger charge is -2.27. The second-order valence-corrected chi connectivity index (χ2v) is 14.5. The molecule has 10 nitrogen and oxygen atoms in total. The fraction of sp³-hybridized carbons (Fsp3) is 0.459. The summed E-state index contributed by atoms with van der Waals surface area (Å²) in [5.74, 6) is 8.31. The van der Waals surface area contributed by atoms with E-state index in [0.29, 0.717) is 6.54 Å². The van der Waals surface area contributed by atoms with Crippen molar-refractivity contribution in [3.63, 3.8) is 0 Å². The molecule has 0 bridgehead atoms. The normalized spacial score (nSPS) is 19.8. The Balaban J connectivity index is 1.11. The quantitative estimate of drug-likeness (QED) is 0.198. The van der Waals surface area contributed by atoms with Crippen LogP contribution in [0.1, 0.15) is 108 Å².